The highest BCUT2D eigenvalue weighted by atomic mass is 79.9. The first kappa shape index (κ1) is 15.5. The van der Waals surface area contributed by atoms with Crippen LogP contribution in [0, 0.1) is 6.92 Å². The summed E-state index contributed by atoms with van der Waals surface area (Å²) in [5.41, 5.74) is 0.488. The first-order chi connectivity index (χ1) is 10.1. The number of carbonyl (C=O) groups is 1. The van der Waals surface area contributed by atoms with Crippen LogP contribution in [0.15, 0.2) is 33.3 Å². The number of nitrogens with zero attached hydrogens (tertiary/aromatic N) is 1. The van der Waals surface area contributed by atoms with Crippen molar-refractivity contribution in [1.82, 2.24) is 5.16 Å². The van der Waals surface area contributed by atoms with Crippen molar-refractivity contribution in [2.45, 2.75) is 6.92 Å². The number of halogens is 1. The molecule has 0 bridgehead atoms. The maximum absolute atomic E-state index is 12.1. The van der Waals surface area contributed by atoms with E-state index < -0.39 is 0 Å². The van der Waals surface area contributed by atoms with Crippen LogP contribution in [0.25, 0.3) is 0 Å². The minimum absolute atomic E-state index is 0.271. The molecule has 6 nitrogen and oxygen atoms in total. The molecule has 0 unspecified atom stereocenters. The van der Waals surface area contributed by atoms with E-state index in [0.29, 0.717) is 40.6 Å². The molecule has 0 aliphatic heterocycles. The van der Waals surface area contributed by atoms with Gasteiger partial charge in [-0.05, 0) is 41.1 Å². The Morgan fingerprint density at radius 1 is 1.38 bits per heavy atom. The summed E-state index contributed by atoms with van der Waals surface area (Å²) in [6.45, 7) is 2.70. The average molecular weight is 355 g/mol. The number of aromatic nitrogens is 1. The van der Waals surface area contributed by atoms with Gasteiger partial charge < -0.3 is 19.3 Å². The number of rotatable bonds is 6. The monoisotopic (exact) mass is 354 g/mol. The van der Waals surface area contributed by atoms with Crippen molar-refractivity contribution in [2.24, 2.45) is 0 Å². The van der Waals surface area contributed by atoms with Gasteiger partial charge in [-0.15, -0.1) is 0 Å². The van der Waals surface area contributed by atoms with Crippen LogP contribution in [-0.2, 0) is 4.74 Å². The predicted molar refractivity (Wildman–Crippen MR) is 80.7 cm³/mol. The fourth-order valence-electron chi connectivity index (χ4n) is 1.61. The molecule has 0 spiro atoms. The molecule has 1 N–H and O–H groups in total. The maximum Gasteiger partial charge on any atom is 0.256 e. The molecule has 2 rings (SSSR count). The van der Waals surface area contributed by atoms with Gasteiger partial charge in [0.1, 0.15) is 18.1 Å². The number of benzene rings is 1. The molecule has 1 amide bonds. The largest absolute Gasteiger partial charge is 0.490 e. The minimum atomic E-state index is -0.271. The van der Waals surface area contributed by atoms with Crippen molar-refractivity contribution in [3.63, 3.8) is 0 Å². The lowest BCUT2D eigenvalue weighted by molar-refractivity contribution is 0.102. The zero-order valence-electron chi connectivity index (χ0n) is 11.7. The molecule has 7 heteroatoms. The second kappa shape index (κ2) is 7.24. The van der Waals surface area contributed by atoms with Crippen LogP contribution < -0.4 is 10.1 Å². The molecular weight excluding hydrogens is 340 g/mol. The smallest absolute Gasteiger partial charge is 0.256 e. The fourth-order valence-corrected chi connectivity index (χ4v) is 2.10. The van der Waals surface area contributed by atoms with E-state index in [1.165, 1.54) is 0 Å². The number of nitrogens with one attached hydrogen (secondary N) is 1. The third-order valence-corrected chi connectivity index (χ3v) is 3.23. The number of amides is 1. The van der Waals surface area contributed by atoms with Gasteiger partial charge in [0.15, 0.2) is 5.82 Å². The van der Waals surface area contributed by atoms with Crippen LogP contribution in [0.1, 0.15) is 16.1 Å². The molecule has 1 aromatic heterocycles. The minimum Gasteiger partial charge on any atom is -0.490 e. The van der Waals surface area contributed by atoms with E-state index in [9.17, 15) is 4.79 Å². The molecule has 0 saturated carbocycles. The van der Waals surface area contributed by atoms with Gasteiger partial charge in [-0.25, -0.2) is 0 Å². The molecule has 112 valence electrons. The van der Waals surface area contributed by atoms with E-state index >= 15 is 0 Å². The van der Waals surface area contributed by atoms with Crippen molar-refractivity contribution in [3.05, 3.63) is 40.1 Å². The zero-order chi connectivity index (χ0) is 15.2. The molecule has 1 aromatic carbocycles. The summed E-state index contributed by atoms with van der Waals surface area (Å²) in [4.78, 5) is 12.1. The molecule has 0 saturated heterocycles. The summed E-state index contributed by atoms with van der Waals surface area (Å²) < 4.78 is 16.0. The van der Waals surface area contributed by atoms with Gasteiger partial charge in [-0.3, -0.25) is 4.79 Å². The van der Waals surface area contributed by atoms with Crippen molar-refractivity contribution < 1.29 is 18.8 Å². The van der Waals surface area contributed by atoms with Crippen molar-refractivity contribution in [1.29, 1.82) is 0 Å². The van der Waals surface area contributed by atoms with Gasteiger partial charge in [0, 0.05) is 18.7 Å². The molecule has 0 radical (unpaired) electrons. The standard InChI is InChI=1S/C14H15BrN2O4/c1-9-7-13(17-21-9)16-14(18)10-3-4-12(11(15)8-10)20-6-5-19-2/h3-4,7-8H,5-6H2,1-2H3,(H,16,17,18). The molecule has 0 atom stereocenters. The molecular formula is C14H15BrN2O4. The number of hydrogen-bond acceptors (Lipinski definition) is 5. The third kappa shape index (κ3) is 4.30. The normalized spacial score (nSPS) is 10.4. The van der Waals surface area contributed by atoms with E-state index in [2.05, 4.69) is 26.4 Å². The first-order valence-electron chi connectivity index (χ1n) is 6.26. The molecule has 0 fully saturated rings. The van der Waals surface area contributed by atoms with Gasteiger partial charge in [0.25, 0.3) is 5.91 Å². The summed E-state index contributed by atoms with van der Waals surface area (Å²) in [7, 11) is 1.61. The lowest BCUT2D eigenvalue weighted by Gasteiger charge is -2.09. The quantitative estimate of drug-likeness (QED) is 0.807. The van der Waals surface area contributed by atoms with E-state index in [-0.39, 0.29) is 5.91 Å². The SMILES string of the molecule is COCCOc1ccc(C(=O)Nc2cc(C)on2)cc1Br. The average Bonchev–Trinajstić information content (AvgIpc) is 2.86. The Morgan fingerprint density at radius 2 is 2.19 bits per heavy atom. The van der Waals surface area contributed by atoms with Gasteiger partial charge in [-0.2, -0.15) is 0 Å². The number of aryl methyl sites for hydroxylation is 1. The van der Waals surface area contributed by atoms with Gasteiger partial charge >= 0.3 is 0 Å². The van der Waals surface area contributed by atoms with E-state index in [1.54, 1.807) is 38.3 Å². The molecule has 2 aromatic rings. The van der Waals surface area contributed by atoms with E-state index in [4.69, 9.17) is 14.0 Å². The highest BCUT2D eigenvalue weighted by Crippen LogP contribution is 2.26. The number of methoxy groups -OCH3 is 1. The van der Waals surface area contributed by atoms with Crippen LogP contribution in [0.2, 0.25) is 0 Å². The summed E-state index contributed by atoms with van der Waals surface area (Å²) >= 11 is 3.38. The Kier molecular flexibility index (Phi) is 5.35. The molecule has 0 aliphatic rings. The Morgan fingerprint density at radius 3 is 2.81 bits per heavy atom. The van der Waals surface area contributed by atoms with E-state index in [0.717, 1.165) is 0 Å². The predicted octanol–water partition coefficient (Wildman–Crippen LogP) is 3.02. The first-order valence-corrected chi connectivity index (χ1v) is 7.05. The van der Waals surface area contributed by atoms with Gasteiger partial charge in [0.2, 0.25) is 0 Å². The summed E-state index contributed by atoms with van der Waals surface area (Å²) in [6.07, 6.45) is 0. The van der Waals surface area contributed by atoms with Crippen LogP contribution in [-0.4, -0.2) is 31.4 Å². The van der Waals surface area contributed by atoms with Gasteiger partial charge in [-0.1, -0.05) is 5.16 Å². The summed E-state index contributed by atoms with van der Waals surface area (Å²) in [5, 5.41) is 6.37. The van der Waals surface area contributed by atoms with Crippen LogP contribution in [0.3, 0.4) is 0 Å². The Bertz CT molecular complexity index is 627. The van der Waals surface area contributed by atoms with Crippen molar-refractivity contribution >= 4 is 27.7 Å². The lowest BCUT2D eigenvalue weighted by atomic mass is 10.2. The van der Waals surface area contributed by atoms with Crippen molar-refractivity contribution in [2.75, 3.05) is 25.6 Å². The molecule has 1 heterocycles. The second-order valence-corrected chi connectivity index (χ2v) is 5.12. The molecule has 0 aliphatic carbocycles. The highest BCUT2D eigenvalue weighted by Gasteiger charge is 2.11. The lowest BCUT2D eigenvalue weighted by Crippen LogP contribution is -2.12. The number of anilines is 1. The summed E-state index contributed by atoms with van der Waals surface area (Å²) in [5.74, 6) is 1.40. The van der Waals surface area contributed by atoms with Crippen LogP contribution in [0.4, 0.5) is 5.82 Å². The highest BCUT2D eigenvalue weighted by molar-refractivity contribution is 9.10. The Balaban J connectivity index is 2.03. The summed E-state index contributed by atoms with van der Waals surface area (Å²) in [6, 6.07) is 6.73. The molecule has 21 heavy (non-hydrogen) atoms. The van der Waals surface area contributed by atoms with Crippen LogP contribution >= 0.6 is 15.9 Å². The number of carbonyl (C=O) groups excluding carboxylic acids is 1. The number of hydrogen-bond donors (Lipinski definition) is 1. The van der Waals surface area contributed by atoms with Crippen molar-refractivity contribution in [3.8, 4) is 5.75 Å². The fraction of sp³-hybridized carbons (Fsp3) is 0.286. The Hall–Kier alpha value is -1.86. The number of ether oxygens (including phenoxy) is 2. The van der Waals surface area contributed by atoms with Gasteiger partial charge in [0.05, 0.1) is 11.1 Å². The topological polar surface area (TPSA) is 73.6 Å². The van der Waals surface area contributed by atoms with E-state index in [1.807, 2.05) is 0 Å². The second-order valence-electron chi connectivity index (χ2n) is 4.26. The third-order valence-electron chi connectivity index (χ3n) is 2.61. The van der Waals surface area contributed by atoms with Crippen LogP contribution in [0.5, 0.6) is 5.75 Å². The zero-order valence-corrected chi connectivity index (χ0v) is 13.3. The Labute approximate surface area is 130 Å². The maximum atomic E-state index is 12.1.